The lowest BCUT2D eigenvalue weighted by molar-refractivity contribution is 0.199. The highest BCUT2D eigenvalue weighted by molar-refractivity contribution is 7.98. The van der Waals surface area contributed by atoms with Gasteiger partial charge in [0.25, 0.3) is 0 Å². The number of aliphatic hydroxyl groups is 1. The van der Waals surface area contributed by atoms with Crippen LogP contribution in [0.15, 0.2) is 29.2 Å². The molecule has 0 fully saturated rings. The molecule has 1 heterocycles. The van der Waals surface area contributed by atoms with Crippen LogP contribution in [-0.2, 0) is 12.3 Å². The summed E-state index contributed by atoms with van der Waals surface area (Å²) in [6.45, 7) is 6.58. The van der Waals surface area contributed by atoms with Crippen LogP contribution >= 0.6 is 23.4 Å². The molecule has 0 aliphatic heterocycles. The van der Waals surface area contributed by atoms with E-state index >= 15 is 0 Å². The summed E-state index contributed by atoms with van der Waals surface area (Å²) in [7, 11) is 0. The Kier molecular flexibility index (Phi) is 5.13. The van der Waals surface area contributed by atoms with Gasteiger partial charge in [0.1, 0.15) is 0 Å². The lowest BCUT2D eigenvalue weighted by Crippen LogP contribution is -2.01. The molecule has 1 aromatic carbocycles. The summed E-state index contributed by atoms with van der Waals surface area (Å²) < 4.78 is 1.95. The first-order valence-electron chi connectivity index (χ1n) is 6.65. The Hall–Kier alpha value is -0.970. The highest BCUT2D eigenvalue weighted by atomic mass is 35.5. The number of hydrogen-bond acceptors (Lipinski definition) is 3. The van der Waals surface area contributed by atoms with Gasteiger partial charge in [-0.25, -0.2) is 0 Å². The van der Waals surface area contributed by atoms with E-state index in [1.54, 1.807) is 18.7 Å². The average molecular weight is 311 g/mol. The van der Waals surface area contributed by atoms with E-state index in [0.29, 0.717) is 0 Å². The third-order valence-electron chi connectivity index (χ3n) is 3.17. The van der Waals surface area contributed by atoms with Crippen molar-refractivity contribution in [3.63, 3.8) is 0 Å². The molecule has 2 rings (SSSR count). The Morgan fingerprint density at radius 2 is 2.20 bits per heavy atom. The molecule has 0 saturated heterocycles. The first-order valence-corrected chi connectivity index (χ1v) is 8.02. The first-order chi connectivity index (χ1) is 9.52. The van der Waals surface area contributed by atoms with Crippen molar-refractivity contribution in [3.05, 3.63) is 46.2 Å². The Balaban J connectivity index is 2.15. The topological polar surface area (TPSA) is 38.0 Å². The van der Waals surface area contributed by atoms with Crippen molar-refractivity contribution >= 4 is 23.4 Å². The van der Waals surface area contributed by atoms with Gasteiger partial charge in [0.2, 0.25) is 0 Å². The van der Waals surface area contributed by atoms with Crippen LogP contribution in [0.1, 0.15) is 36.9 Å². The summed E-state index contributed by atoms with van der Waals surface area (Å²) in [5.74, 6) is 0.775. The molecule has 0 radical (unpaired) electrons. The van der Waals surface area contributed by atoms with Gasteiger partial charge < -0.3 is 5.11 Å². The molecule has 0 saturated carbocycles. The smallest absolute Gasteiger partial charge is 0.0855 e. The Morgan fingerprint density at radius 1 is 1.45 bits per heavy atom. The molecule has 108 valence electrons. The van der Waals surface area contributed by atoms with Gasteiger partial charge in [-0.1, -0.05) is 23.7 Å². The van der Waals surface area contributed by atoms with Gasteiger partial charge in [-0.05, 0) is 38.5 Å². The zero-order chi connectivity index (χ0) is 14.7. The molecule has 1 atom stereocenters. The van der Waals surface area contributed by atoms with E-state index in [1.165, 1.54) is 0 Å². The number of benzene rings is 1. The molecule has 5 heteroatoms. The second-order valence-corrected chi connectivity index (χ2v) is 6.13. The van der Waals surface area contributed by atoms with Crippen molar-refractivity contribution in [2.24, 2.45) is 0 Å². The molecule has 0 aliphatic rings. The fourth-order valence-electron chi connectivity index (χ4n) is 2.02. The third kappa shape index (κ3) is 3.37. The van der Waals surface area contributed by atoms with Crippen molar-refractivity contribution in [1.82, 2.24) is 9.78 Å². The molecule has 0 spiro atoms. The van der Waals surface area contributed by atoms with E-state index < -0.39 is 6.10 Å². The minimum absolute atomic E-state index is 0.442. The maximum Gasteiger partial charge on any atom is 0.0855 e. The fraction of sp³-hybridized carbons (Fsp3) is 0.400. The number of thioether (sulfide) groups is 1. The van der Waals surface area contributed by atoms with E-state index in [2.05, 4.69) is 12.0 Å². The minimum Gasteiger partial charge on any atom is -0.389 e. The molecule has 0 bridgehead atoms. The number of aryl methyl sites for hydroxylation is 2. The van der Waals surface area contributed by atoms with Gasteiger partial charge in [0, 0.05) is 17.2 Å². The number of aromatic nitrogens is 2. The van der Waals surface area contributed by atoms with Crippen molar-refractivity contribution < 1.29 is 5.11 Å². The summed E-state index contributed by atoms with van der Waals surface area (Å²) in [5, 5.41) is 14.8. The molecule has 1 N–H and O–H groups in total. The van der Waals surface area contributed by atoms with E-state index in [4.69, 9.17) is 11.6 Å². The molecule has 20 heavy (non-hydrogen) atoms. The second-order valence-electron chi connectivity index (χ2n) is 4.70. The Bertz CT molecular complexity index is 596. The van der Waals surface area contributed by atoms with Gasteiger partial charge in [0.05, 0.1) is 22.5 Å². The van der Waals surface area contributed by atoms with Crippen LogP contribution in [0.25, 0.3) is 0 Å². The van der Waals surface area contributed by atoms with Crippen LogP contribution in [0, 0.1) is 6.92 Å². The van der Waals surface area contributed by atoms with E-state index in [-0.39, 0.29) is 0 Å². The van der Waals surface area contributed by atoms with Crippen molar-refractivity contribution in [2.45, 2.75) is 44.1 Å². The molecular weight excluding hydrogens is 292 g/mol. The molecule has 1 unspecified atom stereocenters. The van der Waals surface area contributed by atoms with Gasteiger partial charge in [-0.15, -0.1) is 11.8 Å². The summed E-state index contributed by atoms with van der Waals surface area (Å²) in [5.41, 5.74) is 2.86. The van der Waals surface area contributed by atoms with E-state index in [1.807, 2.05) is 35.9 Å². The summed E-state index contributed by atoms with van der Waals surface area (Å²) in [6, 6.07) is 7.96. The van der Waals surface area contributed by atoms with Crippen LogP contribution in [-0.4, -0.2) is 14.9 Å². The predicted octanol–water partition coefficient (Wildman–Crippen LogP) is 4.21. The first kappa shape index (κ1) is 15.4. The van der Waals surface area contributed by atoms with E-state index in [0.717, 1.165) is 39.2 Å². The average Bonchev–Trinajstić information content (AvgIpc) is 2.72. The van der Waals surface area contributed by atoms with Gasteiger partial charge in [-0.2, -0.15) is 5.10 Å². The number of nitrogens with zero attached hydrogens (tertiary/aromatic N) is 2. The van der Waals surface area contributed by atoms with Crippen LogP contribution in [0.5, 0.6) is 0 Å². The highest BCUT2D eigenvalue weighted by Gasteiger charge is 2.13. The molecular formula is C15H19ClN2OS. The van der Waals surface area contributed by atoms with E-state index in [9.17, 15) is 5.11 Å². The Morgan fingerprint density at radius 3 is 2.85 bits per heavy atom. The van der Waals surface area contributed by atoms with Crippen LogP contribution in [0.3, 0.4) is 0 Å². The molecule has 0 amide bonds. The van der Waals surface area contributed by atoms with Crippen LogP contribution in [0.2, 0.25) is 5.02 Å². The number of hydrogen-bond donors (Lipinski definition) is 1. The summed E-state index contributed by atoms with van der Waals surface area (Å²) in [6.07, 6.45) is -0.442. The summed E-state index contributed by atoms with van der Waals surface area (Å²) >= 11 is 8.01. The van der Waals surface area contributed by atoms with Crippen molar-refractivity contribution in [2.75, 3.05) is 0 Å². The molecule has 1 aromatic heterocycles. The van der Waals surface area contributed by atoms with Crippen LogP contribution in [0.4, 0.5) is 0 Å². The fourth-order valence-corrected chi connectivity index (χ4v) is 3.30. The number of aliphatic hydroxyl groups excluding tert-OH is 1. The van der Waals surface area contributed by atoms with Crippen molar-refractivity contribution in [3.8, 4) is 0 Å². The lowest BCUT2D eigenvalue weighted by Gasteiger charge is -2.08. The maximum atomic E-state index is 9.62. The van der Waals surface area contributed by atoms with Crippen molar-refractivity contribution in [1.29, 1.82) is 0 Å². The monoisotopic (exact) mass is 310 g/mol. The van der Waals surface area contributed by atoms with Crippen LogP contribution < -0.4 is 0 Å². The Labute approximate surface area is 129 Å². The van der Waals surface area contributed by atoms with Gasteiger partial charge in [0.15, 0.2) is 0 Å². The number of halogens is 1. The predicted molar refractivity (Wildman–Crippen MR) is 84.3 cm³/mol. The third-order valence-corrected chi connectivity index (χ3v) is 4.67. The molecule has 0 aliphatic carbocycles. The number of rotatable bonds is 5. The SMILES string of the molecule is CCn1nc(C)c(Cl)c1CSc1cccc(C(C)O)c1. The second kappa shape index (κ2) is 6.66. The normalized spacial score (nSPS) is 12.7. The highest BCUT2D eigenvalue weighted by Crippen LogP contribution is 2.29. The maximum absolute atomic E-state index is 9.62. The molecule has 2 aromatic rings. The van der Waals surface area contributed by atoms with Gasteiger partial charge >= 0.3 is 0 Å². The quantitative estimate of drug-likeness (QED) is 0.841. The van der Waals surface area contributed by atoms with Gasteiger partial charge in [-0.3, -0.25) is 4.68 Å². The zero-order valence-electron chi connectivity index (χ0n) is 11.9. The summed E-state index contributed by atoms with van der Waals surface area (Å²) in [4.78, 5) is 1.13. The largest absolute Gasteiger partial charge is 0.389 e. The lowest BCUT2D eigenvalue weighted by atomic mass is 10.1. The zero-order valence-corrected chi connectivity index (χ0v) is 13.5. The minimum atomic E-state index is -0.442. The molecule has 3 nitrogen and oxygen atoms in total. The standard InChI is InChI=1S/C15H19ClN2OS/c1-4-18-14(15(16)10(2)17-18)9-20-13-7-5-6-12(8-13)11(3)19/h5-8,11,19H,4,9H2,1-3H3.